The maximum absolute atomic E-state index is 5.93. The number of hydrogen-bond donors (Lipinski definition) is 1. The first-order valence-electron chi connectivity index (χ1n) is 6.00. The minimum atomic E-state index is 0.144. The van der Waals surface area contributed by atoms with E-state index >= 15 is 0 Å². The second kappa shape index (κ2) is 5.98. The molecule has 0 fully saturated rings. The van der Waals surface area contributed by atoms with Crippen molar-refractivity contribution >= 4 is 11.6 Å². The quantitative estimate of drug-likeness (QED) is 0.903. The zero-order valence-corrected chi connectivity index (χ0v) is 11.0. The van der Waals surface area contributed by atoms with E-state index < -0.39 is 0 Å². The van der Waals surface area contributed by atoms with Crippen molar-refractivity contribution in [2.24, 2.45) is 5.73 Å². The molecule has 0 saturated heterocycles. The van der Waals surface area contributed by atoms with Gasteiger partial charge in [0.2, 0.25) is 5.89 Å². The second-order valence-electron chi connectivity index (χ2n) is 4.20. The Morgan fingerprint density at radius 1 is 1.44 bits per heavy atom. The van der Waals surface area contributed by atoms with Crippen molar-refractivity contribution in [3.8, 4) is 0 Å². The molecular formula is C13H16ClN3O. The molecule has 5 heteroatoms. The second-order valence-corrected chi connectivity index (χ2v) is 4.63. The lowest BCUT2D eigenvalue weighted by Gasteiger charge is -2.04. The van der Waals surface area contributed by atoms with Crippen LogP contribution >= 0.6 is 11.6 Å². The Labute approximate surface area is 111 Å². The van der Waals surface area contributed by atoms with Crippen LogP contribution < -0.4 is 5.73 Å². The molecule has 1 aromatic heterocycles. The Balaban J connectivity index is 2.11. The summed E-state index contributed by atoms with van der Waals surface area (Å²) in [5.41, 5.74) is 6.72. The summed E-state index contributed by atoms with van der Waals surface area (Å²) in [6.45, 7) is 2.58. The smallest absolute Gasteiger partial charge is 0.231 e. The summed E-state index contributed by atoms with van der Waals surface area (Å²) in [6.07, 6.45) is 1.51. The number of nitrogens with two attached hydrogens (primary N) is 1. The summed E-state index contributed by atoms with van der Waals surface area (Å²) >= 11 is 5.93. The SMILES string of the molecule is CCC(CN)c1nc(Cc2cccc(Cl)c2)no1. The Bertz CT molecular complexity index is 508. The van der Waals surface area contributed by atoms with Gasteiger partial charge in [0.25, 0.3) is 0 Å². The summed E-state index contributed by atoms with van der Waals surface area (Å²) < 4.78 is 5.24. The van der Waals surface area contributed by atoms with Crippen LogP contribution in [0.3, 0.4) is 0 Å². The Kier molecular flexibility index (Phi) is 4.33. The fourth-order valence-electron chi connectivity index (χ4n) is 1.78. The van der Waals surface area contributed by atoms with Crippen LogP contribution in [-0.2, 0) is 6.42 Å². The zero-order valence-electron chi connectivity index (χ0n) is 10.3. The highest BCUT2D eigenvalue weighted by Crippen LogP contribution is 2.18. The summed E-state index contributed by atoms with van der Waals surface area (Å²) in [5, 5.41) is 4.69. The molecule has 0 aliphatic carbocycles. The van der Waals surface area contributed by atoms with Crippen molar-refractivity contribution in [3.63, 3.8) is 0 Å². The summed E-state index contributed by atoms with van der Waals surface area (Å²) in [7, 11) is 0. The third-order valence-corrected chi connectivity index (χ3v) is 3.10. The fraction of sp³-hybridized carbons (Fsp3) is 0.385. The van der Waals surface area contributed by atoms with E-state index in [0.717, 1.165) is 12.0 Å². The molecule has 2 rings (SSSR count). The van der Waals surface area contributed by atoms with Gasteiger partial charge in [0.05, 0.1) is 5.92 Å². The van der Waals surface area contributed by atoms with Crippen molar-refractivity contribution in [1.29, 1.82) is 0 Å². The molecule has 18 heavy (non-hydrogen) atoms. The van der Waals surface area contributed by atoms with Crippen molar-refractivity contribution < 1.29 is 4.52 Å². The average Bonchev–Trinajstić information content (AvgIpc) is 2.79. The van der Waals surface area contributed by atoms with Gasteiger partial charge in [-0.1, -0.05) is 35.8 Å². The number of aromatic nitrogens is 2. The van der Waals surface area contributed by atoms with Crippen molar-refractivity contribution in [2.75, 3.05) is 6.54 Å². The summed E-state index contributed by atoms with van der Waals surface area (Å²) in [5.74, 6) is 1.43. The summed E-state index contributed by atoms with van der Waals surface area (Å²) in [4.78, 5) is 4.38. The molecule has 1 aromatic carbocycles. The minimum absolute atomic E-state index is 0.144. The van der Waals surface area contributed by atoms with Crippen molar-refractivity contribution in [2.45, 2.75) is 25.7 Å². The van der Waals surface area contributed by atoms with Crippen molar-refractivity contribution in [1.82, 2.24) is 10.1 Å². The highest BCUT2D eigenvalue weighted by Gasteiger charge is 2.15. The molecule has 1 atom stereocenters. The topological polar surface area (TPSA) is 64.9 Å². The third kappa shape index (κ3) is 3.09. The maximum Gasteiger partial charge on any atom is 0.231 e. The number of rotatable bonds is 5. The third-order valence-electron chi connectivity index (χ3n) is 2.86. The highest BCUT2D eigenvalue weighted by atomic mass is 35.5. The molecule has 2 N–H and O–H groups in total. The van der Waals surface area contributed by atoms with Crippen LogP contribution in [-0.4, -0.2) is 16.7 Å². The molecule has 96 valence electrons. The lowest BCUT2D eigenvalue weighted by Crippen LogP contribution is -2.11. The zero-order chi connectivity index (χ0) is 13.0. The fourth-order valence-corrected chi connectivity index (χ4v) is 1.99. The van der Waals surface area contributed by atoms with Crippen LogP contribution in [0, 0.1) is 0 Å². The molecule has 1 unspecified atom stereocenters. The molecule has 0 bridgehead atoms. The van der Waals surface area contributed by atoms with E-state index in [1.165, 1.54) is 0 Å². The summed E-state index contributed by atoms with van der Waals surface area (Å²) in [6, 6.07) is 7.64. The van der Waals surface area contributed by atoms with E-state index in [-0.39, 0.29) is 5.92 Å². The van der Waals surface area contributed by atoms with Gasteiger partial charge in [0.1, 0.15) is 0 Å². The number of halogens is 1. The predicted molar refractivity (Wildman–Crippen MR) is 70.6 cm³/mol. The van der Waals surface area contributed by atoms with Crippen LogP contribution in [0.1, 0.15) is 36.5 Å². The Morgan fingerprint density at radius 2 is 2.28 bits per heavy atom. The van der Waals surface area contributed by atoms with E-state index in [2.05, 4.69) is 17.1 Å². The predicted octanol–water partition coefficient (Wildman–Crippen LogP) is 2.77. The average molecular weight is 266 g/mol. The first kappa shape index (κ1) is 13.1. The normalized spacial score (nSPS) is 12.6. The van der Waals surface area contributed by atoms with Crippen LogP contribution in [0.4, 0.5) is 0 Å². The molecule has 4 nitrogen and oxygen atoms in total. The van der Waals surface area contributed by atoms with Crippen LogP contribution in [0.25, 0.3) is 0 Å². The first-order valence-corrected chi connectivity index (χ1v) is 6.37. The minimum Gasteiger partial charge on any atom is -0.339 e. The molecular weight excluding hydrogens is 250 g/mol. The molecule has 0 spiro atoms. The Morgan fingerprint density at radius 3 is 2.94 bits per heavy atom. The highest BCUT2D eigenvalue weighted by molar-refractivity contribution is 6.30. The van der Waals surface area contributed by atoms with Gasteiger partial charge in [-0.3, -0.25) is 0 Å². The molecule has 0 aliphatic heterocycles. The molecule has 0 saturated carbocycles. The van der Waals surface area contributed by atoms with Gasteiger partial charge in [-0.2, -0.15) is 4.98 Å². The number of hydrogen-bond acceptors (Lipinski definition) is 4. The van der Waals surface area contributed by atoms with Gasteiger partial charge in [-0.15, -0.1) is 0 Å². The molecule has 0 radical (unpaired) electrons. The lowest BCUT2D eigenvalue weighted by atomic mass is 10.1. The lowest BCUT2D eigenvalue weighted by molar-refractivity contribution is 0.348. The van der Waals surface area contributed by atoms with E-state index in [1.54, 1.807) is 0 Å². The number of benzene rings is 1. The molecule has 1 heterocycles. The van der Waals surface area contributed by atoms with Gasteiger partial charge in [0, 0.05) is 18.0 Å². The van der Waals surface area contributed by atoms with E-state index in [0.29, 0.717) is 29.7 Å². The van der Waals surface area contributed by atoms with Gasteiger partial charge < -0.3 is 10.3 Å². The van der Waals surface area contributed by atoms with Gasteiger partial charge in [-0.05, 0) is 24.1 Å². The molecule has 2 aromatic rings. The number of nitrogens with zero attached hydrogens (tertiary/aromatic N) is 2. The largest absolute Gasteiger partial charge is 0.339 e. The monoisotopic (exact) mass is 265 g/mol. The molecule has 0 aliphatic rings. The maximum atomic E-state index is 5.93. The van der Waals surface area contributed by atoms with Crippen LogP contribution in [0.2, 0.25) is 5.02 Å². The van der Waals surface area contributed by atoms with Crippen LogP contribution in [0.15, 0.2) is 28.8 Å². The van der Waals surface area contributed by atoms with Gasteiger partial charge in [-0.25, -0.2) is 0 Å². The van der Waals surface area contributed by atoms with Crippen LogP contribution in [0.5, 0.6) is 0 Å². The van der Waals surface area contributed by atoms with E-state index in [4.69, 9.17) is 21.9 Å². The van der Waals surface area contributed by atoms with Gasteiger partial charge >= 0.3 is 0 Å². The van der Waals surface area contributed by atoms with Crippen molar-refractivity contribution in [3.05, 3.63) is 46.6 Å². The Hall–Kier alpha value is -1.39. The van der Waals surface area contributed by atoms with E-state index in [9.17, 15) is 0 Å². The van der Waals surface area contributed by atoms with E-state index in [1.807, 2.05) is 24.3 Å². The standard InChI is InChI=1S/C13H16ClN3O/c1-2-10(8-15)13-16-12(17-18-13)7-9-4-3-5-11(14)6-9/h3-6,10H,2,7-8,15H2,1H3. The molecule has 0 amide bonds. The van der Waals surface area contributed by atoms with Gasteiger partial charge in [0.15, 0.2) is 5.82 Å². The first-order chi connectivity index (χ1) is 8.72.